The Morgan fingerprint density at radius 3 is 3.00 bits per heavy atom. The first-order chi connectivity index (χ1) is 12.7. The highest BCUT2D eigenvalue weighted by Gasteiger charge is 2.06. The predicted octanol–water partition coefficient (Wildman–Crippen LogP) is 2.26. The molecule has 2 aromatic heterocycles. The second-order valence-corrected chi connectivity index (χ2v) is 5.65. The summed E-state index contributed by atoms with van der Waals surface area (Å²) in [4.78, 5) is 20.1. The molecule has 2 heterocycles. The maximum atomic E-state index is 12.1. The van der Waals surface area contributed by atoms with Crippen molar-refractivity contribution in [2.45, 2.75) is 19.5 Å². The summed E-state index contributed by atoms with van der Waals surface area (Å²) >= 11 is 0. The first kappa shape index (κ1) is 17.2. The number of aromatic nitrogens is 3. The molecule has 130 valence electrons. The quantitative estimate of drug-likeness (QED) is 0.665. The van der Waals surface area contributed by atoms with Gasteiger partial charge in [0.2, 0.25) is 5.91 Å². The number of nitrogens with zero attached hydrogens (tertiary/aromatic N) is 4. The summed E-state index contributed by atoms with van der Waals surface area (Å²) in [5.74, 6) is 0.578. The van der Waals surface area contributed by atoms with Crippen molar-refractivity contribution in [2.24, 2.45) is 0 Å². The third-order valence-electron chi connectivity index (χ3n) is 3.85. The summed E-state index contributed by atoms with van der Waals surface area (Å²) in [6.07, 6.45) is 7.18. The van der Waals surface area contributed by atoms with E-state index in [1.807, 2.05) is 35.0 Å². The van der Waals surface area contributed by atoms with Crippen LogP contribution in [0.15, 0.2) is 48.8 Å². The van der Waals surface area contributed by atoms with Crippen molar-refractivity contribution >= 4 is 28.7 Å². The maximum absolute atomic E-state index is 12.1. The number of nitrogens with two attached hydrogens (primary N) is 1. The average Bonchev–Trinajstić information content (AvgIpc) is 3.01. The maximum Gasteiger partial charge on any atom is 0.244 e. The highest BCUT2D eigenvalue weighted by Crippen LogP contribution is 2.22. The van der Waals surface area contributed by atoms with Crippen LogP contribution in [0.25, 0.3) is 17.0 Å². The minimum absolute atomic E-state index is 0.206. The van der Waals surface area contributed by atoms with Crippen molar-refractivity contribution in [1.29, 1.82) is 5.26 Å². The van der Waals surface area contributed by atoms with E-state index in [2.05, 4.69) is 21.4 Å². The number of hydrogen-bond acceptors (Lipinski definition) is 5. The molecule has 0 spiro atoms. The second kappa shape index (κ2) is 7.94. The molecule has 0 radical (unpaired) electrons. The van der Waals surface area contributed by atoms with Gasteiger partial charge in [0.15, 0.2) is 0 Å². The molecule has 3 rings (SSSR count). The minimum Gasteiger partial charge on any atom is -0.384 e. The molecule has 0 bridgehead atoms. The number of fused-ring (bicyclic) bond motifs is 1. The number of nitrogens with one attached hydrogen (secondary N) is 1. The standard InChI is InChI=1S/C19H18N6O/c20-9-3-11-25-13-14(15-4-1-2-5-16(15)25)6-7-19(26)23-12-18-22-10-8-17(21)24-18/h1-2,4-8,10,13H,3,11-12H2,(H,23,26)(H2,21,22,24). The lowest BCUT2D eigenvalue weighted by atomic mass is 10.1. The molecule has 0 aliphatic heterocycles. The van der Waals surface area contributed by atoms with Crippen molar-refractivity contribution in [2.75, 3.05) is 5.73 Å². The van der Waals surface area contributed by atoms with Crippen molar-refractivity contribution in [3.8, 4) is 6.07 Å². The van der Waals surface area contributed by atoms with E-state index in [1.165, 1.54) is 6.08 Å². The van der Waals surface area contributed by atoms with Crippen LogP contribution in [-0.4, -0.2) is 20.4 Å². The van der Waals surface area contributed by atoms with Gasteiger partial charge in [-0.2, -0.15) is 5.26 Å². The van der Waals surface area contributed by atoms with Gasteiger partial charge in [-0.1, -0.05) is 18.2 Å². The van der Waals surface area contributed by atoms with E-state index in [0.29, 0.717) is 24.6 Å². The summed E-state index contributed by atoms with van der Waals surface area (Å²) in [5, 5.41) is 12.6. The molecule has 7 heteroatoms. The molecule has 0 saturated carbocycles. The molecular formula is C19H18N6O. The van der Waals surface area contributed by atoms with Gasteiger partial charge in [0.1, 0.15) is 11.6 Å². The van der Waals surface area contributed by atoms with Gasteiger partial charge in [0.05, 0.1) is 19.0 Å². The molecule has 3 N–H and O–H groups in total. The second-order valence-electron chi connectivity index (χ2n) is 5.65. The van der Waals surface area contributed by atoms with Crippen LogP contribution in [-0.2, 0) is 17.9 Å². The SMILES string of the molecule is N#CCCn1cc(C=CC(=O)NCc2nccc(N)n2)c2ccccc21. The zero-order valence-corrected chi connectivity index (χ0v) is 14.1. The number of nitrogen functional groups attached to an aromatic ring is 1. The fourth-order valence-corrected chi connectivity index (χ4v) is 2.65. The average molecular weight is 346 g/mol. The Labute approximate surface area is 150 Å². The number of hydrogen-bond donors (Lipinski definition) is 2. The zero-order chi connectivity index (χ0) is 18.4. The fraction of sp³-hybridized carbons (Fsp3) is 0.158. The lowest BCUT2D eigenvalue weighted by Gasteiger charge is -2.01. The van der Waals surface area contributed by atoms with Crippen LogP contribution >= 0.6 is 0 Å². The van der Waals surface area contributed by atoms with Crippen LogP contribution in [0.3, 0.4) is 0 Å². The van der Waals surface area contributed by atoms with Gasteiger partial charge in [0.25, 0.3) is 0 Å². The van der Waals surface area contributed by atoms with Crippen LogP contribution in [0.4, 0.5) is 5.82 Å². The number of carbonyl (C=O) groups excluding carboxylic acids is 1. The van der Waals surface area contributed by atoms with Gasteiger partial charge in [-0.15, -0.1) is 0 Å². The normalized spacial score (nSPS) is 10.9. The van der Waals surface area contributed by atoms with E-state index in [1.54, 1.807) is 18.3 Å². The van der Waals surface area contributed by atoms with E-state index in [4.69, 9.17) is 11.0 Å². The third-order valence-corrected chi connectivity index (χ3v) is 3.85. The van der Waals surface area contributed by atoms with Crippen molar-refractivity contribution in [1.82, 2.24) is 19.9 Å². The highest BCUT2D eigenvalue weighted by molar-refractivity contribution is 5.96. The van der Waals surface area contributed by atoms with E-state index in [-0.39, 0.29) is 12.5 Å². The molecule has 7 nitrogen and oxygen atoms in total. The van der Waals surface area contributed by atoms with Gasteiger partial charge in [0, 0.05) is 41.5 Å². The molecule has 3 aromatic rings. The van der Waals surface area contributed by atoms with Crippen LogP contribution in [0, 0.1) is 11.3 Å². The number of benzene rings is 1. The van der Waals surface area contributed by atoms with Crippen molar-refractivity contribution in [3.05, 3.63) is 60.2 Å². The lowest BCUT2D eigenvalue weighted by molar-refractivity contribution is -0.116. The van der Waals surface area contributed by atoms with Gasteiger partial charge in [-0.05, 0) is 18.2 Å². The summed E-state index contributed by atoms with van der Waals surface area (Å²) in [6, 6.07) is 11.6. The molecule has 1 amide bonds. The first-order valence-corrected chi connectivity index (χ1v) is 8.15. The van der Waals surface area contributed by atoms with Gasteiger partial charge < -0.3 is 15.6 Å². The van der Waals surface area contributed by atoms with Crippen LogP contribution in [0.5, 0.6) is 0 Å². The largest absolute Gasteiger partial charge is 0.384 e. The minimum atomic E-state index is -0.245. The van der Waals surface area contributed by atoms with Crippen LogP contribution < -0.4 is 11.1 Å². The Balaban J connectivity index is 1.71. The molecule has 0 aliphatic carbocycles. The summed E-state index contributed by atoms with van der Waals surface area (Å²) < 4.78 is 2.02. The number of anilines is 1. The number of rotatable bonds is 6. The molecule has 26 heavy (non-hydrogen) atoms. The summed E-state index contributed by atoms with van der Waals surface area (Å²) in [7, 11) is 0. The molecule has 0 unspecified atom stereocenters. The fourth-order valence-electron chi connectivity index (χ4n) is 2.65. The van der Waals surface area contributed by atoms with Crippen LogP contribution in [0.2, 0.25) is 0 Å². The number of para-hydroxylation sites is 1. The predicted molar refractivity (Wildman–Crippen MR) is 99.5 cm³/mol. The molecule has 1 aromatic carbocycles. The van der Waals surface area contributed by atoms with E-state index in [0.717, 1.165) is 16.5 Å². The summed E-state index contributed by atoms with van der Waals surface area (Å²) in [5.41, 5.74) is 7.55. The lowest BCUT2D eigenvalue weighted by Crippen LogP contribution is -2.21. The van der Waals surface area contributed by atoms with E-state index < -0.39 is 0 Å². The van der Waals surface area contributed by atoms with Gasteiger partial charge in [-0.3, -0.25) is 4.79 Å². The molecule has 0 fully saturated rings. The Morgan fingerprint density at radius 2 is 2.19 bits per heavy atom. The number of amides is 1. The van der Waals surface area contributed by atoms with Crippen molar-refractivity contribution < 1.29 is 4.79 Å². The topological polar surface area (TPSA) is 110 Å². The monoisotopic (exact) mass is 346 g/mol. The van der Waals surface area contributed by atoms with Gasteiger partial charge in [-0.25, -0.2) is 9.97 Å². The van der Waals surface area contributed by atoms with E-state index in [9.17, 15) is 4.79 Å². The Bertz CT molecular complexity index is 999. The van der Waals surface area contributed by atoms with E-state index >= 15 is 0 Å². The number of nitriles is 1. The summed E-state index contributed by atoms with van der Waals surface area (Å²) in [6.45, 7) is 0.821. The molecule has 0 atom stereocenters. The Hall–Kier alpha value is -3.66. The highest BCUT2D eigenvalue weighted by atomic mass is 16.1. The first-order valence-electron chi connectivity index (χ1n) is 8.15. The van der Waals surface area contributed by atoms with Crippen LogP contribution in [0.1, 0.15) is 17.8 Å². The molecule has 0 saturated heterocycles. The number of carbonyl (C=O) groups is 1. The molecule has 0 aliphatic rings. The smallest absolute Gasteiger partial charge is 0.244 e. The van der Waals surface area contributed by atoms with Crippen molar-refractivity contribution in [3.63, 3.8) is 0 Å². The Kier molecular flexibility index (Phi) is 5.25. The van der Waals surface area contributed by atoms with Gasteiger partial charge >= 0.3 is 0 Å². The molecular weight excluding hydrogens is 328 g/mol. The third kappa shape index (κ3) is 4.05. The number of aryl methyl sites for hydroxylation is 1. The Morgan fingerprint density at radius 1 is 1.35 bits per heavy atom. The zero-order valence-electron chi connectivity index (χ0n) is 14.1.